The van der Waals surface area contributed by atoms with Crippen LogP contribution in [0.2, 0.25) is 0 Å². The summed E-state index contributed by atoms with van der Waals surface area (Å²) in [6, 6.07) is 10.4. The van der Waals surface area contributed by atoms with Gasteiger partial charge in [-0.05, 0) is 67.3 Å². The monoisotopic (exact) mass is 1030 g/mol. The summed E-state index contributed by atoms with van der Waals surface area (Å²) >= 11 is 1.57. The number of carbonyl (C=O) groups excluding carboxylic acids is 5. The Morgan fingerprint density at radius 2 is 1.72 bits per heavy atom. The quantitative estimate of drug-likeness (QED) is 0.0548. The number of anilines is 2. The zero-order valence-corrected chi connectivity index (χ0v) is 43.0. The van der Waals surface area contributed by atoms with Gasteiger partial charge in [0.05, 0.1) is 58.2 Å². The number of benzene rings is 2. The average Bonchev–Trinajstić information content (AvgIpc) is 3.70. The van der Waals surface area contributed by atoms with Crippen LogP contribution in [0, 0.1) is 18.2 Å². The number of thiazole rings is 1. The normalized spacial score (nSPS) is 17.6. The Kier molecular flexibility index (Phi) is 15.8. The van der Waals surface area contributed by atoms with Crippen LogP contribution in [-0.2, 0) is 25.7 Å². The Balaban J connectivity index is 0.674. The molecule has 19 nitrogen and oxygen atoms in total. The largest absolute Gasteiger partial charge is 0.391 e. The van der Waals surface area contributed by atoms with Gasteiger partial charge in [0.2, 0.25) is 23.6 Å². The topological polar surface area (TPSA) is 235 Å². The third-order valence-electron chi connectivity index (χ3n) is 13.9. The average molecular weight is 1030 g/mol. The standard InChI is InChI=1S/C53H64FN13O6S/c1-32-46(74-31-58-32)35-11-9-33(10-12-35)24-57-50(71)42-23-38(68)28-67(42)52(73)47(53(2,3)4)63-44(69)8-6-5-7-17-55-45(70)30-64-18-20-65(21-19-64)51(72)36-15-16-40(39(54)22-36)61-48-49-56-27-43(37-25-59-60-26-37)66(49)29-41(62-48)34-13-14-34/h9-12,15-16,22,25-27,29,31,34,38,42,47,68H,5-8,13-14,17-21,23-24,28,30H2,1-4H3,(H,55,70)(H,57,71)(H,59,60)(H,61,62)(H,63,69)/t38-,42+,47-/m1/s1. The molecule has 4 aromatic heterocycles. The number of amides is 5. The van der Waals surface area contributed by atoms with E-state index in [4.69, 9.17) is 4.98 Å². The number of aliphatic hydroxyl groups excluding tert-OH is 1. The van der Waals surface area contributed by atoms with Crippen LogP contribution in [0.4, 0.5) is 15.9 Å². The van der Waals surface area contributed by atoms with Crippen molar-refractivity contribution in [2.24, 2.45) is 5.41 Å². The zero-order chi connectivity index (χ0) is 52.1. The van der Waals surface area contributed by atoms with E-state index < -0.39 is 35.3 Å². The number of hydrogen-bond acceptors (Lipinski definition) is 13. The lowest BCUT2D eigenvalue weighted by molar-refractivity contribution is -0.144. The number of halogens is 1. The number of aliphatic hydroxyl groups is 1. The van der Waals surface area contributed by atoms with Gasteiger partial charge in [0.25, 0.3) is 5.91 Å². The van der Waals surface area contributed by atoms with Gasteiger partial charge < -0.3 is 36.2 Å². The van der Waals surface area contributed by atoms with Gasteiger partial charge in [0.15, 0.2) is 11.5 Å². The van der Waals surface area contributed by atoms with Crippen molar-refractivity contribution in [2.45, 2.75) is 103 Å². The maximum absolute atomic E-state index is 15.7. The van der Waals surface area contributed by atoms with Gasteiger partial charge in [-0.1, -0.05) is 51.5 Å². The fraction of sp³-hybridized carbons (Fsp3) is 0.453. The van der Waals surface area contributed by atoms with Crippen LogP contribution in [0.15, 0.2) is 72.8 Å². The van der Waals surface area contributed by atoms with Crippen molar-refractivity contribution in [1.82, 2.24) is 60.2 Å². The highest BCUT2D eigenvalue weighted by atomic mass is 32.1. The Bertz CT molecular complexity index is 2980. The molecule has 1 aliphatic carbocycles. The molecule has 3 aliphatic rings. The van der Waals surface area contributed by atoms with Crippen LogP contribution >= 0.6 is 11.3 Å². The van der Waals surface area contributed by atoms with Crippen molar-refractivity contribution in [3.05, 3.63) is 101 Å². The lowest BCUT2D eigenvalue weighted by Crippen LogP contribution is -2.57. The number of aromatic nitrogens is 6. The lowest BCUT2D eigenvalue weighted by Gasteiger charge is -2.35. The molecule has 2 saturated heterocycles. The van der Waals surface area contributed by atoms with Gasteiger partial charge in [-0.25, -0.2) is 19.3 Å². The summed E-state index contributed by atoms with van der Waals surface area (Å²) in [7, 11) is 0. The van der Waals surface area contributed by atoms with Crippen molar-refractivity contribution in [3.63, 3.8) is 0 Å². The minimum absolute atomic E-state index is 0.0116. The second-order valence-corrected chi connectivity index (χ2v) is 21.5. The number of nitrogens with one attached hydrogen (secondary N) is 5. The van der Waals surface area contributed by atoms with Gasteiger partial charge in [-0.15, -0.1) is 11.3 Å². The summed E-state index contributed by atoms with van der Waals surface area (Å²) in [5, 5.41) is 29.4. The first-order chi connectivity index (χ1) is 35.6. The van der Waals surface area contributed by atoms with Crippen molar-refractivity contribution >= 4 is 58.0 Å². The predicted octanol–water partition coefficient (Wildman–Crippen LogP) is 5.55. The molecule has 390 valence electrons. The third-order valence-corrected chi connectivity index (χ3v) is 14.9. The summed E-state index contributed by atoms with van der Waals surface area (Å²) in [5.41, 5.74) is 7.54. The van der Waals surface area contributed by atoms with Crippen molar-refractivity contribution < 1.29 is 33.5 Å². The van der Waals surface area contributed by atoms with E-state index in [-0.39, 0.29) is 67.4 Å². The number of hydrogen-bond donors (Lipinski definition) is 6. The minimum atomic E-state index is -0.924. The van der Waals surface area contributed by atoms with Crippen LogP contribution in [0.3, 0.4) is 0 Å². The molecule has 0 radical (unpaired) electrons. The van der Waals surface area contributed by atoms with E-state index in [9.17, 15) is 29.1 Å². The number of rotatable bonds is 19. The SMILES string of the molecule is Cc1ncsc1-c1ccc(CNC(=O)[C@@H]2C[C@@H](O)CN2C(=O)[C@@H](NC(=O)CCCCCNC(=O)CN2CCN(C(=O)c3ccc(Nc4nc(C5CC5)cn5c(-c6cn[nH]c6)cnc45)c(F)c3)CC2)C(C)(C)C)cc1. The molecule has 9 rings (SSSR count). The molecule has 74 heavy (non-hydrogen) atoms. The van der Waals surface area contributed by atoms with Gasteiger partial charge >= 0.3 is 0 Å². The van der Waals surface area contributed by atoms with E-state index in [1.54, 1.807) is 47.0 Å². The first kappa shape index (κ1) is 51.8. The molecule has 21 heteroatoms. The fourth-order valence-electron chi connectivity index (χ4n) is 9.53. The van der Waals surface area contributed by atoms with Crippen molar-refractivity contribution in [1.29, 1.82) is 0 Å². The van der Waals surface area contributed by atoms with Crippen LogP contribution in [-0.4, -0.2) is 143 Å². The first-order valence-corrected chi connectivity index (χ1v) is 26.2. The first-order valence-electron chi connectivity index (χ1n) is 25.4. The lowest BCUT2D eigenvalue weighted by atomic mass is 9.85. The summed E-state index contributed by atoms with van der Waals surface area (Å²) < 4.78 is 17.6. The summed E-state index contributed by atoms with van der Waals surface area (Å²) in [6.07, 6.45) is 10.5. The van der Waals surface area contributed by atoms with E-state index >= 15 is 4.39 Å². The van der Waals surface area contributed by atoms with E-state index in [0.29, 0.717) is 69.4 Å². The van der Waals surface area contributed by atoms with Crippen molar-refractivity contribution in [2.75, 3.05) is 51.1 Å². The Labute approximate surface area is 432 Å². The summed E-state index contributed by atoms with van der Waals surface area (Å²) in [6.45, 7) is 10.1. The number of aryl methyl sites for hydroxylation is 1. The molecule has 6 aromatic rings. The third kappa shape index (κ3) is 12.3. The number of piperazine rings is 1. The second-order valence-electron chi connectivity index (χ2n) is 20.6. The predicted molar refractivity (Wildman–Crippen MR) is 278 cm³/mol. The van der Waals surface area contributed by atoms with Crippen LogP contribution < -0.4 is 21.3 Å². The van der Waals surface area contributed by atoms with Crippen LogP contribution in [0.25, 0.3) is 27.3 Å². The fourth-order valence-corrected chi connectivity index (χ4v) is 10.3. The van der Waals surface area contributed by atoms with Crippen molar-refractivity contribution in [3.8, 4) is 21.7 Å². The molecule has 0 spiro atoms. The molecule has 3 atom stereocenters. The summed E-state index contributed by atoms with van der Waals surface area (Å²) in [4.78, 5) is 86.9. The number of nitrogens with zero attached hydrogens (tertiary/aromatic N) is 8. The minimum Gasteiger partial charge on any atom is -0.391 e. The molecule has 6 N–H and O–H groups in total. The number of β-amino-alcohol motifs (C(OH)–C–C–N with tert-alkyl or cyclic N) is 1. The smallest absolute Gasteiger partial charge is 0.254 e. The summed E-state index contributed by atoms with van der Waals surface area (Å²) in [5.74, 6) is -1.36. The Morgan fingerprint density at radius 1 is 0.932 bits per heavy atom. The Morgan fingerprint density at radius 3 is 2.41 bits per heavy atom. The number of aromatic amines is 1. The molecule has 5 amide bonds. The molecular weight excluding hydrogens is 966 g/mol. The van der Waals surface area contributed by atoms with Gasteiger partial charge in [0.1, 0.15) is 17.9 Å². The Hall–Kier alpha value is -7.10. The molecule has 6 heterocycles. The van der Waals surface area contributed by atoms with E-state index in [2.05, 4.69) is 41.4 Å². The van der Waals surface area contributed by atoms with E-state index in [0.717, 1.165) is 51.5 Å². The molecule has 0 bridgehead atoms. The van der Waals surface area contributed by atoms with Gasteiger partial charge in [-0.2, -0.15) is 5.10 Å². The van der Waals surface area contributed by atoms with Gasteiger partial charge in [-0.3, -0.25) is 38.4 Å². The number of imidazole rings is 1. The number of H-pyrrole nitrogens is 1. The molecule has 2 aliphatic heterocycles. The zero-order valence-electron chi connectivity index (χ0n) is 42.2. The van der Waals surface area contributed by atoms with Gasteiger partial charge in [0, 0.05) is 88.1 Å². The molecule has 0 unspecified atom stereocenters. The van der Waals surface area contributed by atoms with Crippen LogP contribution in [0.5, 0.6) is 0 Å². The van der Waals surface area contributed by atoms with E-state index in [1.807, 2.05) is 73.0 Å². The highest BCUT2D eigenvalue weighted by molar-refractivity contribution is 7.13. The van der Waals surface area contributed by atoms with Crippen LogP contribution in [0.1, 0.15) is 98.9 Å². The number of likely N-dealkylation sites (tertiary alicyclic amines) is 1. The number of fused-ring (bicyclic) bond motifs is 1. The maximum atomic E-state index is 15.7. The molecule has 2 aromatic carbocycles. The second kappa shape index (κ2) is 22.6. The maximum Gasteiger partial charge on any atom is 0.254 e. The highest BCUT2D eigenvalue weighted by Gasteiger charge is 2.44. The molecule has 1 saturated carbocycles. The molecule has 3 fully saturated rings. The highest BCUT2D eigenvalue weighted by Crippen LogP contribution is 2.41. The molecular formula is C53H64FN13O6S. The number of unbranched alkanes of at least 4 members (excludes halogenated alkanes) is 2. The number of carbonyl (C=O) groups is 5. The van der Waals surface area contributed by atoms with E-state index in [1.165, 1.54) is 11.0 Å².